The monoisotopic (exact) mass is 385 g/mol. The summed E-state index contributed by atoms with van der Waals surface area (Å²) in [4.78, 5) is 23.8. The van der Waals surface area contributed by atoms with Gasteiger partial charge in [-0.15, -0.1) is 5.10 Å². The van der Waals surface area contributed by atoms with Crippen LogP contribution in [0.5, 0.6) is 5.75 Å². The maximum Gasteiger partial charge on any atom is 0.361 e. The summed E-state index contributed by atoms with van der Waals surface area (Å²) in [5, 5.41) is 20.7. The fraction of sp³-hybridized carbons (Fsp3) is 0.158. The highest BCUT2D eigenvalue weighted by atomic mass is 19.1. The SMILES string of the molecule is CCOC(=O)c1n[nH]nc1-c1cccc(-c2cc(C(=O)OC)ccc2F)c1O. The zero-order valence-corrected chi connectivity index (χ0v) is 15.0. The van der Waals surface area contributed by atoms with Crippen LogP contribution in [-0.4, -0.2) is 46.2 Å². The largest absolute Gasteiger partial charge is 0.507 e. The second kappa shape index (κ2) is 7.87. The molecule has 1 heterocycles. The van der Waals surface area contributed by atoms with Crippen LogP contribution in [0, 0.1) is 5.82 Å². The minimum atomic E-state index is -0.713. The number of benzene rings is 2. The van der Waals surface area contributed by atoms with Gasteiger partial charge in [-0.2, -0.15) is 10.3 Å². The first-order chi connectivity index (χ1) is 13.5. The third-order valence-corrected chi connectivity index (χ3v) is 3.99. The number of methoxy groups -OCH3 is 1. The standard InChI is InChI=1S/C19H16FN3O5/c1-3-28-19(26)16-15(21-23-22-16)12-6-4-5-11(17(12)24)13-9-10(18(25)27-2)7-8-14(13)20/h4-9,24H,3H2,1-2H3,(H,21,22,23). The normalized spacial score (nSPS) is 10.5. The lowest BCUT2D eigenvalue weighted by Gasteiger charge is -2.11. The van der Waals surface area contributed by atoms with Gasteiger partial charge < -0.3 is 14.6 Å². The topological polar surface area (TPSA) is 114 Å². The molecule has 0 saturated carbocycles. The summed E-state index contributed by atoms with van der Waals surface area (Å²) in [5.41, 5.74) is 0.317. The molecule has 0 fully saturated rings. The van der Waals surface area contributed by atoms with Crippen LogP contribution in [-0.2, 0) is 9.47 Å². The van der Waals surface area contributed by atoms with Crippen LogP contribution < -0.4 is 0 Å². The molecule has 0 radical (unpaired) electrons. The quantitative estimate of drug-likeness (QED) is 0.649. The predicted molar refractivity (Wildman–Crippen MR) is 96.2 cm³/mol. The molecule has 3 aromatic rings. The van der Waals surface area contributed by atoms with Crippen molar-refractivity contribution in [2.75, 3.05) is 13.7 Å². The van der Waals surface area contributed by atoms with Gasteiger partial charge in [-0.25, -0.2) is 14.0 Å². The Kier molecular flexibility index (Phi) is 5.35. The first kappa shape index (κ1) is 19.0. The molecule has 0 saturated heterocycles. The Labute approximate surface area is 158 Å². The average Bonchev–Trinajstić information content (AvgIpc) is 3.18. The van der Waals surface area contributed by atoms with Crippen LogP contribution in [0.4, 0.5) is 4.39 Å². The van der Waals surface area contributed by atoms with Crippen molar-refractivity contribution >= 4 is 11.9 Å². The van der Waals surface area contributed by atoms with E-state index >= 15 is 0 Å². The van der Waals surface area contributed by atoms with Crippen molar-refractivity contribution in [1.82, 2.24) is 15.4 Å². The molecule has 0 spiro atoms. The second-order valence-corrected chi connectivity index (χ2v) is 5.63. The summed E-state index contributed by atoms with van der Waals surface area (Å²) in [6.07, 6.45) is 0. The number of aromatic amines is 1. The van der Waals surface area contributed by atoms with Crippen LogP contribution >= 0.6 is 0 Å². The third-order valence-electron chi connectivity index (χ3n) is 3.99. The van der Waals surface area contributed by atoms with E-state index in [0.717, 1.165) is 6.07 Å². The molecule has 0 aliphatic carbocycles. The smallest absolute Gasteiger partial charge is 0.361 e. The number of hydrogen-bond acceptors (Lipinski definition) is 7. The molecule has 3 rings (SSSR count). The number of phenolic OH excluding ortho intramolecular Hbond substituents is 1. The fourth-order valence-electron chi connectivity index (χ4n) is 2.69. The van der Waals surface area contributed by atoms with Gasteiger partial charge in [0, 0.05) is 16.7 Å². The van der Waals surface area contributed by atoms with Crippen LogP contribution in [0.15, 0.2) is 36.4 Å². The van der Waals surface area contributed by atoms with Crippen molar-refractivity contribution in [3.8, 4) is 28.1 Å². The maximum absolute atomic E-state index is 14.4. The molecule has 0 aliphatic rings. The number of esters is 2. The van der Waals surface area contributed by atoms with Crippen molar-refractivity contribution < 1.29 is 28.6 Å². The number of para-hydroxylation sites is 1. The highest BCUT2D eigenvalue weighted by molar-refractivity contribution is 5.96. The van der Waals surface area contributed by atoms with E-state index in [1.54, 1.807) is 13.0 Å². The minimum absolute atomic E-state index is 0.0107. The van der Waals surface area contributed by atoms with Crippen LogP contribution in [0.1, 0.15) is 27.8 Å². The fourth-order valence-corrected chi connectivity index (χ4v) is 2.69. The number of carbonyl (C=O) groups is 2. The summed E-state index contributed by atoms with van der Waals surface area (Å²) in [6, 6.07) is 8.19. The summed E-state index contributed by atoms with van der Waals surface area (Å²) in [5.74, 6) is -2.33. The van der Waals surface area contributed by atoms with Crippen molar-refractivity contribution in [2.45, 2.75) is 6.92 Å². The van der Waals surface area contributed by atoms with E-state index < -0.39 is 17.8 Å². The Morgan fingerprint density at radius 3 is 2.57 bits per heavy atom. The van der Waals surface area contributed by atoms with Gasteiger partial charge >= 0.3 is 11.9 Å². The van der Waals surface area contributed by atoms with Crippen molar-refractivity contribution in [3.05, 3.63) is 53.5 Å². The molecule has 0 amide bonds. The van der Waals surface area contributed by atoms with E-state index in [2.05, 4.69) is 20.1 Å². The lowest BCUT2D eigenvalue weighted by Crippen LogP contribution is -2.07. The Balaban J connectivity index is 2.13. The number of hydrogen-bond donors (Lipinski definition) is 2. The zero-order valence-electron chi connectivity index (χ0n) is 15.0. The molecule has 2 N–H and O–H groups in total. The molecule has 28 heavy (non-hydrogen) atoms. The number of halogens is 1. The predicted octanol–water partition coefficient (Wildman–Crippen LogP) is 2.95. The van der Waals surface area contributed by atoms with E-state index in [9.17, 15) is 19.1 Å². The van der Waals surface area contributed by atoms with Crippen molar-refractivity contribution in [3.63, 3.8) is 0 Å². The van der Waals surface area contributed by atoms with Crippen molar-refractivity contribution in [2.24, 2.45) is 0 Å². The Bertz CT molecular complexity index is 1050. The Hall–Kier alpha value is -3.75. The van der Waals surface area contributed by atoms with Crippen LogP contribution in [0.3, 0.4) is 0 Å². The molecular weight excluding hydrogens is 369 g/mol. The van der Waals surface area contributed by atoms with Crippen molar-refractivity contribution in [1.29, 1.82) is 0 Å². The van der Waals surface area contributed by atoms with Gasteiger partial charge in [0.2, 0.25) is 0 Å². The molecule has 0 aliphatic heterocycles. The lowest BCUT2D eigenvalue weighted by molar-refractivity contribution is 0.0519. The van der Waals surface area contributed by atoms with E-state index in [1.165, 1.54) is 31.4 Å². The Morgan fingerprint density at radius 1 is 1.11 bits per heavy atom. The minimum Gasteiger partial charge on any atom is -0.507 e. The summed E-state index contributed by atoms with van der Waals surface area (Å²) >= 11 is 0. The molecular formula is C19H16FN3O5. The molecule has 9 heteroatoms. The van der Waals surface area contributed by atoms with E-state index in [0.29, 0.717) is 0 Å². The number of rotatable bonds is 5. The van der Waals surface area contributed by atoms with Crippen LogP contribution in [0.25, 0.3) is 22.4 Å². The molecule has 2 aromatic carbocycles. The van der Waals surface area contributed by atoms with Gasteiger partial charge in [-0.3, -0.25) is 0 Å². The maximum atomic E-state index is 14.4. The van der Waals surface area contributed by atoms with Gasteiger partial charge in [-0.1, -0.05) is 12.1 Å². The molecule has 8 nitrogen and oxygen atoms in total. The molecule has 0 bridgehead atoms. The number of H-pyrrole nitrogens is 1. The lowest BCUT2D eigenvalue weighted by atomic mass is 9.97. The molecule has 144 valence electrons. The number of phenols is 1. The average molecular weight is 385 g/mol. The first-order valence-corrected chi connectivity index (χ1v) is 8.26. The number of aromatic nitrogens is 3. The number of nitrogens with one attached hydrogen (secondary N) is 1. The second-order valence-electron chi connectivity index (χ2n) is 5.63. The molecule has 0 unspecified atom stereocenters. The number of nitrogens with zero attached hydrogens (tertiary/aromatic N) is 2. The zero-order chi connectivity index (χ0) is 20.3. The number of ether oxygens (including phenoxy) is 2. The summed E-state index contributed by atoms with van der Waals surface area (Å²) in [7, 11) is 1.21. The highest BCUT2D eigenvalue weighted by Crippen LogP contribution is 2.39. The Morgan fingerprint density at radius 2 is 1.86 bits per heavy atom. The first-order valence-electron chi connectivity index (χ1n) is 8.26. The van der Waals surface area contributed by atoms with E-state index in [4.69, 9.17) is 4.74 Å². The van der Waals surface area contributed by atoms with Gasteiger partial charge in [-0.05, 0) is 31.2 Å². The van der Waals surface area contributed by atoms with Gasteiger partial charge in [0.1, 0.15) is 17.3 Å². The van der Waals surface area contributed by atoms with Crippen LogP contribution in [0.2, 0.25) is 0 Å². The number of carbonyl (C=O) groups excluding carboxylic acids is 2. The molecule has 0 atom stereocenters. The van der Waals surface area contributed by atoms with Gasteiger partial charge in [0.15, 0.2) is 5.69 Å². The van der Waals surface area contributed by atoms with Gasteiger partial charge in [0.25, 0.3) is 0 Å². The molecule has 1 aromatic heterocycles. The van der Waals surface area contributed by atoms with E-state index in [1.807, 2.05) is 0 Å². The summed E-state index contributed by atoms with van der Waals surface area (Å²) in [6.45, 7) is 1.79. The summed E-state index contributed by atoms with van der Waals surface area (Å²) < 4.78 is 24.0. The highest BCUT2D eigenvalue weighted by Gasteiger charge is 2.23. The van der Waals surface area contributed by atoms with Gasteiger partial charge in [0.05, 0.1) is 19.3 Å². The number of aromatic hydroxyl groups is 1. The third kappa shape index (κ3) is 3.41. The van der Waals surface area contributed by atoms with E-state index in [-0.39, 0.29) is 46.0 Å².